The number of benzene rings is 3. The lowest BCUT2D eigenvalue weighted by molar-refractivity contribution is 0.381. The van der Waals surface area contributed by atoms with Gasteiger partial charge in [0.2, 0.25) is 11.2 Å². The van der Waals surface area contributed by atoms with Gasteiger partial charge in [0.15, 0.2) is 11.6 Å². The van der Waals surface area contributed by atoms with Gasteiger partial charge in [0.05, 0.1) is 23.5 Å². The molecule has 8 heteroatoms. The van der Waals surface area contributed by atoms with Crippen LogP contribution >= 0.6 is 0 Å². The van der Waals surface area contributed by atoms with Crippen molar-refractivity contribution < 1.29 is 13.6 Å². The first kappa shape index (κ1) is 23.1. The molecule has 34 heavy (non-hydrogen) atoms. The van der Waals surface area contributed by atoms with Gasteiger partial charge >= 0.3 is 0 Å². The minimum absolute atomic E-state index is 0.0769. The van der Waals surface area contributed by atoms with E-state index < -0.39 is 34.7 Å². The van der Waals surface area contributed by atoms with Crippen molar-refractivity contribution in [1.29, 1.82) is 0 Å². The Morgan fingerprint density at radius 2 is 1.53 bits per heavy atom. The zero-order valence-electron chi connectivity index (χ0n) is 18.6. The highest BCUT2D eigenvalue weighted by molar-refractivity contribution is 5.49. The Morgan fingerprint density at radius 3 is 2.21 bits per heavy atom. The van der Waals surface area contributed by atoms with E-state index in [0.29, 0.717) is 11.4 Å². The number of hydrogen-bond donors (Lipinski definition) is 3. The fraction of sp³-hybridized carbons (Fsp3) is 0.154. The minimum atomic E-state index is -0.975. The maximum atomic E-state index is 13.6. The lowest BCUT2D eigenvalue weighted by atomic mass is 9.93. The van der Waals surface area contributed by atoms with E-state index in [9.17, 15) is 18.4 Å². The van der Waals surface area contributed by atoms with Crippen molar-refractivity contribution in [2.75, 3.05) is 10.8 Å². The quantitative estimate of drug-likeness (QED) is 0.194. The molecule has 3 N–H and O–H groups in total. The number of halogens is 2. The molecule has 0 heterocycles. The third kappa shape index (κ3) is 4.97. The lowest BCUT2D eigenvalue weighted by Crippen LogP contribution is -2.45. The normalized spacial score (nSPS) is 12.8. The number of aryl methyl sites for hydroxylation is 1. The summed E-state index contributed by atoms with van der Waals surface area (Å²) in [4.78, 5) is 30.5. The van der Waals surface area contributed by atoms with E-state index in [1.54, 1.807) is 31.2 Å². The summed E-state index contributed by atoms with van der Waals surface area (Å²) >= 11 is 0. The topological polar surface area (TPSA) is 79.5 Å². The number of nitrogens with one attached hydrogen (secondary N) is 3. The Bertz CT molecular complexity index is 1350. The van der Waals surface area contributed by atoms with Gasteiger partial charge in [-0.3, -0.25) is 14.9 Å². The molecule has 0 bridgehead atoms. The van der Waals surface area contributed by atoms with E-state index in [4.69, 9.17) is 4.84 Å². The first-order valence-corrected chi connectivity index (χ1v) is 10.7. The summed E-state index contributed by atoms with van der Waals surface area (Å²) in [5.41, 5.74) is 4.24. The average Bonchev–Trinajstić information content (AvgIpc) is 2.83. The highest BCUT2D eigenvalue weighted by atomic mass is 19.2. The molecule has 174 valence electrons. The molecular weight excluding hydrogens is 440 g/mol. The van der Waals surface area contributed by atoms with Crippen molar-refractivity contribution >= 4 is 11.4 Å². The number of para-hydroxylation sites is 1. The monoisotopic (exact) mass is 463 g/mol. The van der Waals surface area contributed by atoms with Gasteiger partial charge in [-0.15, -0.1) is 0 Å². The summed E-state index contributed by atoms with van der Waals surface area (Å²) in [6, 6.07) is 19.2. The van der Waals surface area contributed by atoms with Crippen molar-refractivity contribution in [2.45, 2.75) is 26.1 Å². The smallest absolute Gasteiger partial charge is 0.271 e. The van der Waals surface area contributed by atoms with E-state index in [2.05, 4.69) is 16.1 Å². The molecule has 0 saturated carbocycles. The third-order valence-electron chi connectivity index (χ3n) is 5.37. The van der Waals surface area contributed by atoms with Gasteiger partial charge in [0.1, 0.15) is 0 Å². The number of anilines is 2. The van der Waals surface area contributed by atoms with Crippen molar-refractivity contribution in [2.24, 2.45) is 0 Å². The van der Waals surface area contributed by atoms with E-state index in [1.165, 1.54) is 6.07 Å². The summed E-state index contributed by atoms with van der Waals surface area (Å²) < 4.78 is 26.9. The van der Waals surface area contributed by atoms with E-state index in [1.807, 2.05) is 37.3 Å². The standard InChI is InChI=1S/C26H23F2N3O3/c1-15-8-10-17(11-9-15)23(30-16(2)29-19-12-13-20(27)21(28)14-19)22-24(32)25(33)26(22)34-31-18-6-4-3-5-7-18/h3-14,16,23,29-31H,1-2H3/t16-,23?/m0/s1. The molecule has 0 saturated heterocycles. The third-order valence-corrected chi connectivity index (χ3v) is 5.37. The van der Waals surface area contributed by atoms with Gasteiger partial charge in [-0.25, -0.2) is 14.3 Å². The zero-order valence-corrected chi connectivity index (χ0v) is 18.6. The molecule has 0 radical (unpaired) electrons. The predicted octanol–water partition coefficient (Wildman–Crippen LogP) is 4.41. The van der Waals surface area contributed by atoms with Gasteiger partial charge in [-0.05, 0) is 43.7 Å². The van der Waals surface area contributed by atoms with Crippen LogP contribution in [0.4, 0.5) is 20.2 Å². The summed E-state index contributed by atoms with van der Waals surface area (Å²) in [6.07, 6.45) is -0.490. The lowest BCUT2D eigenvalue weighted by Gasteiger charge is -2.27. The van der Waals surface area contributed by atoms with Gasteiger partial charge in [0, 0.05) is 11.8 Å². The molecule has 0 aliphatic carbocycles. The second-order valence-corrected chi connectivity index (χ2v) is 7.98. The van der Waals surface area contributed by atoms with Crippen molar-refractivity contribution in [1.82, 2.24) is 5.32 Å². The van der Waals surface area contributed by atoms with Crippen LogP contribution in [-0.4, -0.2) is 6.17 Å². The molecule has 2 atom stereocenters. The Labute approximate surface area is 194 Å². The van der Waals surface area contributed by atoms with E-state index in [-0.39, 0.29) is 11.3 Å². The maximum Gasteiger partial charge on any atom is 0.271 e. The van der Waals surface area contributed by atoms with Crippen LogP contribution in [0.5, 0.6) is 5.75 Å². The minimum Gasteiger partial charge on any atom is -0.377 e. The largest absolute Gasteiger partial charge is 0.377 e. The van der Waals surface area contributed by atoms with Crippen molar-refractivity contribution in [3.8, 4) is 5.75 Å². The van der Waals surface area contributed by atoms with Crippen LogP contribution in [0.3, 0.4) is 0 Å². The van der Waals surface area contributed by atoms with E-state index >= 15 is 0 Å². The molecule has 0 spiro atoms. The van der Waals surface area contributed by atoms with Crippen LogP contribution < -0.4 is 31.8 Å². The summed E-state index contributed by atoms with van der Waals surface area (Å²) in [5, 5.41) is 6.28. The fourth-order valence-corrected chi connectivity index (χ4v) is 3.60. The molecule has 0 amide bonds. The Kier molecular flexibility index (Phi) is 6.70. The van der Waals surface area contributed by atoms with Crippen LogP contribution in [0.2, 0.25) is 0 Å². The van der Waals surface area contributed by atoms with Gasteiger partial charge in [-0.2, -0.15) is 0 Å². The van der Waals surface area contributed by atoms with Crippen LogP contribution in [0, 0.1) is 18.6 Å². The molecule has 0 aromatic heterocycles. The fourth-order valence-electron chi connectivity index (χ4n) is 3.60. The summed E-state index contributed by atoms with van der Waals surface area (Å²) in [6.45, 7) is 3.70. The Morgan fingerprint density at radius 1 is 0.824 bits per heavy atom. The van der Waals surface area contributed by atoms with Crippen molar-refractivity contribution in [3.63, 3.8) is 0 Å². The first-order chi connectivity index (χ1) is 16.3. The highest BCUT2D eigenvalue weighted by Gasteiger charge is 2.32. The molecule has 0 aliphatic rings. The predicted molar refractivity (Wildman–Crippen MR) is 128 cm³/mol. The molecule has 4 aromatic carbocycles. The van der Waals surface area contributed by atoms with Gasteiger partial charge in [0.25, 0.3) is 5.43 Å². The number of rotatable bonds is 9. The SMILES string of the molecule is Cc1ccc(C(N[C@@H](C)Nc2ccc(F)c(F)c2)c2c(ONc3ccccc3)c(=O)c2=O)cc1. The molecular formula is C26H23F2N3O3. The second-order valence-electron chi connectivity index (χ2n) is 7.98. The summed E-state index contributed by atoms with van der Waals surface area (Å²) in [7, 11) is 0. The molecule has 1 unspecified atom stereocenters. The summed E-state index contributed by atoms with van der Waals surface area (Å²) in [5.74, 6) is -2.00. The first-order valence-electron chi connectivity index (χ1n) is 10.7. The van der Waals surface area contributed by atoms with Crippen LogP contribution in [-0.2, 0) is 0 Å². The van der Waals surface area contributed by atoms with E-state index in [0.717, 1.165) is 23.3 Å². The molecule has 0 aliphatic heterocycles. The van der Waals surface area contributed by atoms with Crippen LogP contribution in [0.25, 0.3) is 0 Å². The molecule has 0 fully saturated rings. The molecule has 4 aromatic rings. The average molecular weight is 463 g/mol. The Balaban J connectivity index is 1.61. The van der Waals surface area contributed by atoms with Crippen molar-refractivity contribution in [3.05, 3.63) is 122 Å². The van der Waals surface area contributed by atoms with Crippen LogP contribution in [0.15, 0.2) is 82.4 Å². The zero-order chi connectivity index (χ0) is 24.2. The second kappa shape index (κ2) is 9.84. The molecule has 4 rings (SSSR count). The molecule has 6 nitrogen and oxygen atoms in total. The van der Waals surface area contributed by atoms with Gasteiger partial charge < -0.3 is 10.2 Å². The van der Waals surface area contributed by atoms with Crippen LogP contribution in [0.1, 0.15) is 29.7 Å². The Hall–Kier alpha value is -4.04. The number of hydrogen-bond acceptors (Lipinski definition) is 6. The maximum absolute atomic E-state index is 13.6. The highest BCUT2D eigenvalue weighted by Crippen LogP contribution is 2.28. The van der Waals surface area contributed by atoms with Gasteiger partial charge in [-0.1, -0.05) is 48.0 Å².